The largest absolute Gasteiger partial charge is 0.368 e. The highest BCUT2D eigenvalue weighted by Crippen LogP contribution is 2.65. The quantitative estimate of drug-likeness (QED) is 0.565. The maximum atomic E-state index is 13.8. The molecule has 4 saturated carbocycles. The Morgan fingerprint density at radius 3 is 2.73 bits per heavy atom. The summed E-state index contributed by atoms with van der Waals surface area (Å²) < 4.78 is 36.2. The monoisotopic (exact) mass is 473 g/mol. The van der Waals surface area contributed by atoms with Gasteiger partial charge in [-0.1, -0.05) is 17.7 Å². The molecule has 0 saturated heterocycles. The van der Waals surface area contributed by atoms with Crippen LogP contribution in [0.5, 0.6) is 0 Å². The van der Waals surface area contributed by atoms with Crippen molar-refractivity contribution in [2.24, 2.45) is 0 Å². The van der Waals surface area contributed by atoms with E-state index < -0.39 is 5.82 Å². The lowest BCUT2D eigenvalue weighted by molar-refractivity contribution is -0.161. The number of rotatable bonds is 7. The third-order valence-electron chi connectivity index (χ3n) is 7.22. The first-order valence-corrected chi connectivity index (χ1v) is 11.3. The average Bonchev–Trinajstić information content (AvgIpc) is 3.34. The van der Waals surface area contributed by atoms with Gasteiger partial charge in [-0.15, -0.1) is 0 Å². The minimum atomic E-state index is -0.467. The van der Waals surface area contributed by atoms with Crippen molar-refractivity contribution in [2.75, 3.05) is 6.61 Å². The highest BCUT2D eigenvalue weighted by molar-refractivity contribution is 6.30. The van der Waals surface area contributed by atoms with Crippen molar-refractivity contribution in [1.82, 2.24) is 24.6 Å². The molecule has 10 heteroatoms. The molecule has 4 aliphatic carbocycles. The number of amides is 1. The fourth-order valence-electron chi connectivity index (χ4n) is 5.46. The molecule has 3 aromatic rings. The van der Waals surface area contributed by atoms with E-state index in [1.54, 1.807) is 17.1 Å². The predicted octanol–water partition coefficient (Wildman–Crippen LogP) is 3.85. The molecular formula is C23H22ClF2N5O2. The standard InChI is InChI=1S/C23H22ClF2N5O2/c24-18-2-1-14(3-19(18)26)20-8-30(13-27-20)23-10-22(11-23,12-23)29-21(32)9-33-17-4-16(5-17)31-7-15(25)6-28-31/h1-3,6-8,13,16-17H,4-5,9-12H2,(H,29,32). The number of aromatic nitrogens is 4. The smallest absolute Gasteiger partial charge is 0.246 e. The van der Waals surface area contributed by atoms with Crippen molar-refractivity contribution in [1.29, 1.82) is 0 Å². The van der Waals surface area contributed by atoms with Crippen molar-refractivity contribution < 1.29 is 18.3 Å². The lowest BCUT2D eigenvalue weighted by Gasteiger charge is -2.70. The molecule has 0 aliphatic heterocycles. The Morgan fingerprint density at radius 2 is 2.03 bits per heavy atom. The minimum Gasteiger partial charge on any atom is -0.368 e. The van der Waals surface area contributed by atoms with Crippen molar-refractivity contribution in [3.63, 3.8) is 0 Å². The summed E-state index contributed by atoms with van der Waals surface area (Å²) in [6.45, 7) is 0.0248. The maximum Gasteiger partial charge on any atom is 0.246 e. The Morgan fingerprint density at radius 1 is 1.24 bits per heavy atom. The molecule has 1 amide bonds. The number of carbonyl (C=O) groups is 1. The first-order valence-electron chi connectivity index (χ1n) is 11.0. The van der Waals surface area contributed by atoms with Gasteiger partial charge in [-0.2, -0.15) is 5.10 Å². The van der Waals surface area contributed by atoms with Crippen LogP contribution in [-0.4, -0.2) is 43.5 Å². The number of carbonyl (C=O) groups excluding carboxylic acids is 1. The first kappa shape index (κ1) is 20.8. The van der Waals surface area contributed by atoms with Gasteiger partial charge in [-0.3, -0.25) is 9.48 Å². The van der Waals surface area contributed by atoms with E-state index >= 15 is 0 Å². The van der Waals surface area contributed by atoms with Gasteiger partial charge in [0.25, 0.3) is 0 Å². The summed E-state index contributed by atoms with van der Waals surface area (Å²) in [5.41, 5.74) is 1.16. The molecule has 4 aliphatic rings. The Balaban J connectivity index is 0.975. The molecular weight excluding hydrogens is 452 g/mol. The maximum absolute atomic E-state index is 13.8. The Kier molecular flexibility index (Phi) is 4.64. The van der Waals surface area contributed by atoms with E-state index in [1.807, 2.05) is 6.20 Å². The number of hydrogen-bond acceptors (Lipinski definition) is 4. The topological polar surface area (TPSA) is 74.0 Å². The van der Waals surface area contributed by atoms with E-state index in [2.05, 4.69) is 20.0 Å². The van der Waals surface area contributed by atoms with Crippen molar-refractivity contribution in [2.45, 2.75) is 55.3 Å². The second-order valence-corrected chi connectivity index (χ2v) is 9.98. The summed E-state index contributed by atoms with van der Waals surface area (Å²) in [6, 6.07) is 4.79. The van der Waals surface area contributed by atoms with Crippen LogP contribution in [0.2, 0.25) is 5.02 Å². The zero-order chi connectivity index (χ0) is 22.8. The van der Waals surface area contributed by atoms with Crippen LogP contribution < -0.4 is 5.32 Å². The second-order valence-electron chi connectivity index (χ2n) is 9.58. The zero-order valence-electron chi connectivity index (χ0n) is 17.7. The zero-order valence-corrected chi connectivity index (χ0v) is 18.4. The second kappa shape index (κ2) is 7.36. The van der Waals surface area contributed by atoms with Crippen LogP contribution in [0.4, 0.5) is 8.78 Å². The minimum absolute atomic E-state index is 0.00513. The summed E-state index contributed by atoms with van der Waals surface area (Å²) in [5, 5.41) is 7.19. The summed E-state index contributed by atoms with van der Waals surface area (Å²) in [4.78, 5) is 16.8. The van der Waals surface area contributed by atoms with Crippen LogP contribution in [0.25, 0.3) is 11.3 Å². The summed E-state index contributed by atoms with van der Waals surface area (Å²) >= 11 is 5.76. The number of halogens is 3. The fraction of sp³-hybridized carbons (Fsp3) is 0.435. The van der Waals surface area contributed by atoms with E-state index in [-0.39, 0.29) is 46.6 Å². The van der Waals surface area contributed by atoms with Gasteiger partial charge >= 0.3 is 0 Å². The van der Waals surface area contributed by atoms with Gasteiger partial charge in [0.05, 0.1) is 47.1 Å². The number of benzene rings is 1. The van der Waals surface area contributed by atoms with Gasteiger partial charge in [0.15, 0.2) is 5.82 Å². The molecule has 2 heterocycles. The number of nitrogens with zero attached hydrogens (tertiary/aromatic N) is 4. The molecule has 0 atom stereocenters. The highest BCUT2D eigenvalue weighted by atomic mass is 35.5. The average molecular weight is 474 g/mol. The molecule has 2 bridgehead atoms. The van der Waals surface area contributed by atoms with Gasteiger partial charge < -0.3 is 14.6 Å². The van der Waals surface area contributed by atoms with Crippen molar-refractivity contribution in [3.8, 4) is 11.3 Å². The van der Waals surface area contributed by atoms with Gasteiger partial charge in [-0.05, 0) is 44.2 Å². The number of imidazole rings is 1. The van der Waals surface area contributed by atoms with Crippen LogP contribution in [0.3, 0.4) is 0 Å². The summed E-state index contributed by atoms with van der Waals surface area (Å²) in [5.74, 6) is -0.925. The molecule has 1 N–H and O–H groups in total. The van der Waals surface area contributed by atoms with Gasteiger partial charge in [0, 0.05) is 17.3 Å². The normalized spacial score (nSPS) is 29.7. The van der Waals surface area contributed by atoms with Crippen LogP contribution in [0.1, 0.15) is 38.1 Å². The molecule has 0 spiro atoms. The lowest BCUT2D eigenvalue weighted by atomic mass is 9.44. The van der Waals surface area contributed by atoms with E-state index in [0.29, 0.717) is 11.3 Å². The van der Waals surface area contributed by atoms with E-state index in [4.69, 9.17) is 16.3 Å². The molecule has 7 nitrogen and oxygen atoms in total. The highest BCUT2D eigenvalue weighted by Gasteiger charge is 2.69. The number of ether oxygens (including phenoxy) is 1. The predicted molar refractivity (Wildman–Crippen MR) is 116 cm³/mol. The van der Waals surface area contributed by atoms with E-state index in [1.165, 1.54) is 24.5 Å². The molecule has 4 fully saturated rings. The first-order chi connectivity index (χ1) is 15.8. The Labute approximate surface area is 193 Å². The Bertz CT molecular complexity index is 1220. The van der Waals surface area contributed by atoms with Crippen LogP contribution in [0, 0.1) is 11.6 Å². The Hall–Kier alpha value is -2.78. The SMILES string of the molecule is O=C(COC1CC(n2cc(F)cn2)C1)NC12CC(n3cnc(-c4ccc(Cl)c(F)c4)c3)(C1)C2. The third kappa shape index (κ3) is 3.54. The lowest BCUT2D eigenvalue weighted by Crippen LogP contribution is -2.78. The summed E-state index contributed by atoms with van der Waals surface area (Å²) in [7, 11) is 0. The molecule has 172 valence electrons. The van der Waals surface area contributed by atoms with Gasteiger partial charge in [0.1, 0.15) is 12.4 Å². The molecule has 0 unspecified atom stereocenters. The molecule has 1 aromatic carbocycles. The van der Waals surface area contributed by atoms with Gasteiger partial charge in [-0.25, -0.2) is 13.8 Å². The van der Waals surface area contributed by atoms with Crippen molar-refractivity contribution in [3.05, 3.63) is 59.8 Å². The van der Waals surface area contributed by atoms with Crippen LogP contribution >= 0.6 is 11.6 Å². The third-order valence-corrected chi connectivity index (χ3v) is 7.52. The fourth-order valence-corrected chi connectivity index (χ4v) is 5.57. The molecule has 2 aromatic heterocycles. The van der Waals surface area contributed by atoms with Crippen LogP contribution in [0.15, 0.2) is 43.1 Å². The molecule has 33 heavy (non-hydrogen) atoms. The molecule has 0 radical (unpaired) electrons. The number of nitrogens with one attached hydrogen (secondary N) is 1. The number of hydrogen-bond donors (Lipinski definition) is 1. The van der Waals surface area contributed by atoms with Gasteiger partial charge in [0.2, 0.25) is 5.91 Å². The molecule has 7 rings (SSSR count). The van der Waals surface area contributed by atoms with Crippen molar-refractivity contribution >= 4 is 17.5 Å². The van der Waals surface area contributed by atoms with Crippen LogP contribution in [-0.2, 0) is 15.1 Å². The summed E-state index contributed by atoms with van der Waals surface area (Å²) in [6.07, 6.45) is 10.2. The van der Waals surface area contributed by atoms with E-state index in [9.17, 15) is 13.6 Å². The van der Waals surface area contributed by atoms with E-state index in [0.717, 1.165) is 32.1 Å².